The minimum atomic E-state index is 0.271. The number of piperidine rings is 1. The highest BCUT2D eigenvalue weighted by molar-refractivity contribution is 5.73. The number of nitrogens with zero attached hydrogens (tertiary/aromatic N) is 3. The maximum Gasteiger partial charge on any atom is 0.243 e. The third-order valence-electron chi connectivity index (χ3n) is 3.72. The highest BCUT2D eigenvalue weighted by atomic mass is 15.2. The van der Waals surface area contributed by atoms with Gasteiger partial charge in [0, 0.05) is 13.1 Å². The predicted molar refractivity (Wildman–Crippen MR) is 76.0 cm³/mol. The molecule has 1 unspecified atom stereocenters. The van der Waals surface area contributed by atoms with Crippen LogP contribution in [-0.4, -0.2) is 34.8 Å². The van der Waals surface area contributed by atoms with E-state index in [4.69, 9.17) is 0 Å². The van der Waals surface area contributed by atoms with Crippen molar-refractivity contribution in [1.82, 2.24) is 20.5 Å². The van der Waals surface area contributed by atoms with Gasteiger partial charge in [-0.25, -0.2) is 4.98 Å². The fourth-order valence-electron chi connectivity index (χ4n) is 2.52. The summed E-state index contributed by atoms with van der Waals surface area (Å²) in [5.74, 6) is 0.616. The smallest absolute Gasteiger partial charge is 0.243 e. The molecule has 1 aliphatic rings. The summed E-state index contributed by atoms with van der Waals surface area (Å²) >= 11 is 0. The molecule has 0 aliphatic carbocycles. The van der Waals surface area contributed by atoms with Crippen LogP contribution in [0.15, 0.2) is 24.3 Å². The number of nitrogens with one attached hydrogen (secondary N) is 2. The number of para-hydroxylation sites is 1. The SMILES string of the molecule is CC1(CNc2nnc3ccccc3n2)CCCNC1. The molecular weight excluding hydrogens is 238 g/mol. The minimum Gasteiger partial charge on any atom is -0.352 e. The molecule has 0 spiro atoms. The number of fused-ring (bicyclic) bond motifs is 1. The van der Waals surface area contributed by atoms with Gasteiger partial charge in [0.2, 0.25) is 5.95 Å². The van der Waals surface area contributed by atoms with Gasteiger partial charge in [0.25, 0.3) is 0 Å². The third-order valence-corrected chi connectivity index (χ3v) is 3.72. The standard InChI is InChI=1S/C14H19N5/c1-14(7-4-8-15-9-14)10-16-13-17-11-5-2-3-6-12(11)18-19-13/h2-3,5-6,15H,4,7-10H2,1H3,(H,16,17,19). The molecule has 0 radical (unpaired) electrons. The van der Waals surface area contributed by atoms with Crippen LogP contribution in [0.5, 0.6) is 0 Å². The van der Waals surface area contributed by atoms with Crippen LogP contribution < -0.4 is 10.6 Å². The lowest BCUT2D eigenvalue weighted by atomic mass is 9.83. The molecule has 0 amide bonds. The van der Waals surface area contributed by atoms with Crippen LogP contribution in [0.25, 0.3) is 11.0 Å². The predicted octanol–water partition coefficient (Wildman–Crippen LogP) is 1.83. The molecule has 2 heterocycles. The molecule has 3 rings (SSSR count). The lowest BCUT2D eigenvalue weighted by Gasteiger charge is -2.34. The number of benzene rings is 1. The minimum absolute atomic E-state index is 0.271. The molecule has 1 fully saturated rings. The molecule has 2 aromatic rings. The Morgan fingerprint density at radius 3 is 2.89 bits per heavy atom. The van der Waals surface area contributed by atoms with E-state index in [0.717, 1.165) is 30.7 Å². The van der Waals surface area contributed by atoms with Gasteiger partial charge in [0.1, 0.15) is 5.52 Å². The summed E-state index contributed by atoms with van der Waals surface area (Å²) in [6.07, 6.45) is 2.46. The van der Waals surface area contributed by atoms with E-state index >= 15 is 0 Å². The van der Waals surface area contributed by atoms with Crippen molar-refractivity contribution < 1.29 is 0 Å². The van der Waals surface area contributed by atoms with Crippen LogP contribution >= 0.6 is 0 Å². The van der Waals surface area contributed by atoms with Gasteiger partial charge >= 0.3 is 0 Å². The van der Waals surface area contributed by atoms with E-state index in [2.05, 4.69) is 32.7 Å². The quantitative estimate of drug-likeness (QED) is 0.878. The monoisotopic (exact) mass is 257 g/mol. The first-order chi connectivity index (χ1) is 9.25. The number of aromatic nitrogens is 3. The summed E-state index contributed by atoms with van der Waals surface area (Å²) in [5.41, 5.74) is 1.98. The first-order valence-electron chi connectivity index (χ1n) is 6.79. The van der Waals surface area contributed by atoms with Crippen LogP contribution in [0, 0.1) is 5.41 Å². The van der Waals surface area contributed by atoms with Crippen LogP contribution in [-0.2, 0) is 0 Å². The molecule has 1 aromatic heterocycles. The average Bonchev–Trinajstić information content (AvgIpc) is 2.46. The average molecular weight is 257 g/mol. The van der Waals surface area contributed by atoms with Crippen LogP contribution in [0.1, 0.15) is 19.8 Å². The Hall–Kier alpha value is -1.75. The largest absolute Gasteiger partial charge is 0.352 e. The molecular formula is C14H19N5. The molecule has 100 valence electrons. The van der Waals surface area contributed by atoms with E-state index in [1.54, 1.807) is 0 Å². The van der Waals surface area contributed by atoms with Crippen LogP contribution in [0.3, 0.4) is 0 Å². The Bertz CT molecular complexity index is 563. The molecule has 5 heteroatoms. The van der Waals surface area contributed by atoms with E-state index in [0.29, 0.717) is 5.95 Å². The fraction of sp³-hybridized carbons (Fsp3) is 0.500. The van der Waals surface area contributed by atoms with Crippen molar-refractivity contribution in [2.75, 3.05) is 25.0 Å². The Morgan fingerprint density at radius 2 is 2.11 bits per heavy atom. The Kier molecular flexibility index (Phi) is 3.29. The second-order valence-corrected chi connectivity index (χ2v) is 5.57. The summed E-state index contributed by atoms with van der Waals surface area (Å²) in [6.45, 7) is 5.34. The van der Waals surface area contributed by atoms with E-state index in [-0.39, 0.29) is 5.41 Å². The molecule has 0 saturated carbocycles. The Morgan fingerprint density at radius 1 is 1.26 bits per heavy atom. The molecule has 5 nitrogen and oxygen atoms in total. The van der Waals surface area contributed by atoms with Crippen molar-refractivity contribution in [3.05, 3.63) is 24.3 Å². The van der Waals surface area contributed by atoms with Crippen LogP contribution in [0.2, 0.25) is 0 Å². The van der Waals surface area contributed by atoms with E-state index in [1.807, 2.05) is 24.3 Å². The normalized spacial score (nSPS) is 23.4. The lowest BCUT2D eigenvalue weighted by molar-refractivity contribution is 0.253. The van der Waals surface area contributed by atoms with Gasteiger partial charge in [0.05, 0.1) is 5.52 Å². The molecule has 1 aromatic carbocycles. The second-order valence-electron chi connectivity index (χ2n) is 5.57. The van der Waals surface area contributed by atoms with Gasteiger partial charge in [-0.2, -0.15) is 0 Å². The lowest BCUT2D eigenvalue weighted by Crippen LogP contribution is -2.42. The number of hydrogen-bond acceptors (Lipinski definition) is 5. The third kappa shape index (κ3) is 2.81. The number of anilines is 1. The summed E-state index contributed by atoms with van der Waals surface area (Å²) < 4.78 is 0. The van der Waals surface area contributed by atoms with Crippen molar-refractivity contribution in [2.45, 2.75) is 19.8 Å². The van der Waals surface area contributed by atoms with Crippen molar-refractivity contribution in [1.29, 1.82) is 0 Å². The highest BCUT2D eigenvalue weighted by Crippen LogP contribution is 2.25. The summed E-state index contributed by atoms with van der Waals surface area (Å²) in [7, 11) is 0. The maximum atomic E-state index is 4.49. The van der Waals surface area contributed by atoms with Gasteiger partial charge in [-0.1, -0.05) is 19.1 Å². The molecule has 1 atom stereocenters. The zero-order valence-corrected chi connectivity index (χ0v) is 11.2. The van der Waals surface area contributed by atoms with Gasteiger partial charge in [0.15, 0.2) is 0 Å². The Labute approximate surface area is 112 Å². The van der Waals surface area contributed by atoms with Crippen molar-refractivity contribution >= 4 is 17.0 Å². The second kappa shape index (κ2) is 5.09. The first-order valence-corrected chi connectivity index (χ1v) is 6.79. The summed E-state index contributed by atoms with van der Waals surface area (Å²) in [4.78, 5) is 4.49. The van der Waals surface area contributed by atoms with Crippen molar-refractivity contribution in [3.8, 4) is 0 Å². The van der Waals surface area contributed by atoms with E-state index < -0.39 is 0 Å². The molecule has 1 saturated heterocycles. The van der Waals surface area contributed by atoms with Crippen LogP contribution in [0.4, 0.5) is 5.95 Å². The van der Waals surface area contributed by atoms with Gasteiger partial charge in [-0.15, -0.1) is 10.2 Å². The number of hydrogen-bond donors (Lipinski definition) is 2. The fourth-order valence-corrected chi connectivity index (χ4v) is 2.52. The summed E-state index contributed by atoms with van der Waals surface area (Å²) in [6, 6.07) is 7.79. The van der Waals surface area contributed by atoms with Gasteiger partial charge < -0.3 is 10.6 Å². The molecule has 0 bridgehead atoms. The highest BCUT2D eigenvalue weighted by Gasteiger charge is 2.26. The van der Waals surface area contributed by atoms with Gasteiger partial charge in [-0.05, 0) is 36.9 Å². The van der Waals surface area contributed by atoms with E-state index in [1.165, 1.54) is 12.8 Å². The number of rotatable bonds is 3. The van der Waals surface area contributed by atoms with Crippen molar-refractivity contribution in [3.63, 3.8) is 0 Å². The van der Waals surface area contributed by atoms with E-state index in [9.17, 15) is 0 Å². The van der Waals surface area contributed by atoms with Crippen molar-refractivity contribution in [2.24, 2.45) is 5.41 Å². The Balaban J connectivity index is 1.71. The molecule has 1 aliphatic heterocycles. The maximum absolute atomic E-state index is 4.49. The molecule has 19 heavy (non-hydrogen) atoms. The molecule has 2 N–H and O–H groups in total. The van der Waals surface area contributed by atoms with Gasteiger partial charge in [-0.3, -0.25) is 0 Å². The summed E-state index contributed by atoms with van der Waals surface area (Å²) in [5, 5.41) is 15.1. The zero-order valence-electron chi connectivity index (χ0n) is 11.2. The topological polar surface area (TPSA) is 62.7 Å². The zero-order chi connectivity index (χ0) is 13.1. The first kappa shape index (κ1) is 12.3.